The van der Waals surface area contributed by atoms with Gasteiger partial charge in [-0.1, -0.05) is 48.5 Å². The van der Waals surface area contributed by atoms with E-state index in [1.807, 2.05) is 60.7 Å². The summed E-state index contributed by atoms with van der Waals surface area (Å²) in [6.07, 6.45) is 0. The van der Waals surface area contributed by atoms with Gasteiger partial charge in [-0.25, -0.2) is 0 Å². The minimum atomic E-state index is -0.401. The fourth-order valence-corrected chi connectivity index (χ4v) is 2.92. The predicted molar refractivity (Wildman–Crippen MR) is 88.0 cm³/mol. The summed E-state index contributed by atoms with van der Waals surface area (Å²) in [4.78, 5) is 25.5. The molecule has 1 fully saturated rings. The predicted octanol–water partition coefficient (Wildman–Crippen LogP) is 0.381. The van der Waals surface area contributed by atoms with Crippen LogP contribution in [0.25, 0.3) is 0 Å². The van der Waals surface area contributed by atoms with E-state index in [1.165, 1.54) is 0 Å². The molecule has 2 amide bonds. The Bertz CT molecular complexity index is 673. The highest BCUT2D eigenvalue weighted by Gasteiger charge is 2.34. The van der Waals surface area contributed by atoms with Crippen molar-refractivity contribution < 1.29 is 14.5 Å². The standard InChI is InChI=1S/C18H19N3O2/c22-16-13-21(12-11-19-16)17(14-7-3-1-4-8-14)18(23)20-15-9-5-2-6-10-15/h1-10,17H,11-13H2,(H,19,22)(H,20,23)/p+1/t17-/m1/s1. The van der Waals surface area contributed by atoms with Crippen LogP contribution in [0.5, 0.6) is 0 Å². The van der Waals surface area contributed by atoms with Gasteiger partial charge < -0.3 is 15.5 Å². The van der Waals surface area contributed by atoms with E-state index in [9.17, 15) is 9.59 Å². The molecule has 1 aliphatic rings. The quantitative estimate of drug-likeness (QED) is 0.764. The number of carbonyl (C=O) groups is 2. The smallest absolute Gasteiger partial charge is 0.287 e. The van der Waals surface area contributed by atoms with Gasteiger partial charge >= 0.3 is 0 Å². The van der Waals surface area contributed by atoms with Crippen molar-refractivity contribution in [3.05, 3.63) is 66.2 Å². The second-order valence-corrected chi connectivity index (χ2v) is 5.63. The number of carbonyl (C=O) groups excluding carboxylic acids is 2. The van der Waals surface area contributed by atoms with Crippen LogP contribution in [0, 0.1) is 0 Å². The van der Waals surface area contributed by atoms with Gasteiger partial charge in [-0.15, -0.1) is 0 Å². The van der Waals surface area contributed by atoms with E-state index >= 15 is 0 Å². The summed E-state index contributed by atoms with van der Waals surface area (Å²) in [5.74, 6) is -0.105. The summed E-state index contributed by atoms with van der Waals surface area (Å²) >= 11 is 0. The highest BCUT2D eigenvalue weighted by molar-refractivity contribution is 5.94. The molecule has 0 spiro atoms. The summed E-state index contributed by atoms with van der Waals surface area (Å²) < 4.78 is 0. The van der Waals surface area contributed by atoms with Crippen molar-refractivity contribution in [1.82, 2.24) is 5.32 Å². The zero-order chi connectivity index (χ0) is 16.1. The second-order valence-electron chi connectivity index (χ2n) is 5.63. The molecule has 5 heteroatoms. The number of nitrogens with one attached hydrogen (secondary N) is 3. The Morgan fingerprint density at radius 3 is 2.35 bits per heavy atom. The molecule has 0 saturated carbocycles. The first kappa shape index (κ1) is 15.2. The Morgan fingerprint density at radius 2 is 1.70 bits per heavy atom. The molecule has 2 aromatic carbocycles. The minimum absolute atomic E-state index is 0.0142. The van der Waals surface area contributed by atoms with Gasteiger partial charge in [0.25, 0.3) is 11.8 Å². The van der Waals surface area contributed by atoms with Crippen molar-refractivity contribution in [2.24, 2.45) is 0 Å². The van der Waals surface area contributed by atoms with Gasteiger partial charge in [0.1, 0.15) is 0 Å². The average Bonchev–Trinajstić information content (AvgIpc) is 2.57. The molecule has 5 nitrogen and oxygen atoms in total. The SMILES string of the molecule is O=C1C[NH+]([C@@H](C(=O)Nc2ccccc2)c2ccccc2)CCN1. The number of quaternary nitrogens is 1. The van der Waals surface area contributed by atoms with E-state index in [4.69, 9.17) is 0 Å². The lowest BCUT2D eigenvalue weighted by molar-refractivity contribution is -0.915. The van der Waals surface area contributed by atoms with Gasteiger partial charge in [0.2, 0.25) is 0 Å². The van der Waals surface area contributed by atoms with Crippen LogP contribution in [0.2, 0.25) is 0 Å². The molecular weight excluding hydrogens is 290 g/mol. The maximum Gasteiger partial charge on any atom is 0.287 e. The third-order valence-corrected chi connectivity index (χ3v) is 4.00. The highest BCUT2D eigenvalue weighted by atomic mass is 16.2. The van der Waals surface area contributed by atoms with Crippen LogP contribution in [0.4, 0.5) is 5.69 Å². The van der Waals surface area contributed by atoms with Crippen LogP contribution in [-0.2, 0) is 9.59 Å². The van der Waals surface area contributed by atoms with Crippen LogP contribution < -0.4 is 15.5 Å². The molecule has 1 heterocycles. The van der Waals surface area contributed by atoms with E-state index < -0.39 is 6.04 Å². The number of hydrogen-bond donors (Lipinski definition) is 3. The van der Waals surface area contributed by atoms with Crippen LogP contribution in [0.3, 0.4) is 0 Å². The van der Waals surface area contributed by atoms with Crippen molar-refractivity contribution >= 4 is 17.5 Å². The molecule has 1 saturated heterocycles. The Hall–Kier alpha value is -2.66. The average molecular weight is 310 g/mol. The number of anilines is 1. The summed E-state index contributed by atoms with van der Waals surface area (Å²) in [5.41, 5.74) is 1.69. The van der Waals surface area contributed by atoms with Crippen molar-refractivity contribution in [1.29, 1.82) is 0 Å². The van der Waals surface area contributed by atoms with Crippen molar-refractivity contribution in [2.75, 3.05) is 25.0 Å². The Labute approximate surface area is 135 Å². The Morgan fingerprint density at radius 1 is 1.04 bits per heavy atom. The summed E-state index contributed by atoms with van der Waals surface area (Å²) in [6.45, 7) is 1.63. The number of amides is 2. The molecule has 118 valence electrons. The Balaban J connectivity index is 1.85. The first-order valence-corrected chi connectivity index (χ1v) is 7.76. The van der Waals surface area contributed by atoms with Gasteiger partial charge in [0.15, 0.2) is 12.6 Å². The number of hydrogen-bond acceptors (Lipinski definition) is 2. The lowest BCUT2D eigenvalue weighted by Crippen LogP contribution is -3.16. The summed E-state index contributed by atoms with van der Waals surface area (Å²) in [7, 11) is 0. The molecule has 1 aliphatic heterocycles. The zero-order valence-corrected chi connectivity index (χ0v) is 12.8. The maximum absolute atomic E-state index is 12.9. The number of benzene rings is 2. The molecule has 23 heavy (non-hydrogen) atoms. The summed E-state index contributed by atoms with van der Waals surface area (Å²) in [6, 6.07) is 18.6. The molecule has 1 unspecified atom stereocenters. The molecule has 0 aliphatic carbocycles. The molecule has 0 bridgehead atoms. The molecule has 3 N–H and O–H groups in total. The largest absolute Gasteiger partial charge is 0.346 e. The fourth-order valence-electron chi connectivity index (χ4n) is 2.92. The maximum atomic E-state index is 12.9. The van der Waals surface area contributed by atoms with Gasteiger partial charge in [-0.3, -0.25) is 9.59 Å². The number of rotatable bonds is 4. The van der Waals surface area contributed by atoms with Gasteiger partial charge in [-0.05, 0) is 12.1 Å². The van der Waals surface area contributed by atoms with E-state index in [2.05, 4.69) is 10.6 Å². The van der Waals surface area contributed by atoms with Gasteiger partial charge in [0, 0.05) is 11.3 Å². The molecule has 3 rings (SSSR count). The van der Waals surface area contributed by atoms with Crippen molar-refractivity contribution in [3.63, 3.8) is 0 Å². The lowest BCUT2D eigenvalue weighted by atomic mass is 10.0. The number of para-hydroxylation sites is 1. The van der Waals surface area contributed by atoms with Crippen molar-refractivity contribution in [2.45, 2.75) is 6.04 Å². The monoisotopic (exact) mass is 310 g/mol. The van der Waals surface area contributed by atoms with Crippen LogP contribution in [0.1, 0.15) is 11.6 Å². The highest BCUT2D eigenvalue weighted by Crippen LogP contribution is 2.13. The molecule has 0 radical (unpaired) electrons. The lowest BCUT2D eigenvalue weighted by Gasteiger charge is -2.30. The first-order valence-electron chi connectivity index (χ1n) is 7.76. The topological polar surface area (TPSA) is 62.6 Å². The minimum Gasteiger partial charge on any atom is -0.346 e. The van der Waals surface area contributed by atoms with Crippen LogP contribution in [-0.4, -0.2) is 31.4 Å². The summed E-state index contributed by atoms with van der Waals surface area (Å²) in [5, 5.41) is 5.78. The van der Waals surface area contributed by atoms with E-state index in [0.29, 0.717) is 13.1 Å². The third kappa shape index (κ3) is 3.76. The van der Waals surface area contributed by atoms with Crippen molar-refractivity contribution in [3.8, 4) is 0 Å². The van der Waals surface area contributed by atoms with E-state index in [1.54, 1.807) is 0 Å². The number of piperazine rings is 1. The second kappa shape index (κ2) is 7.07. The Kier molecular flexibility index (Phi) is 4.68. The van der Waals surface area contributed by atoms with E-state index in [0.717, 1.165) is 22.7 Å². The molecule has 2 atom stereocenters. The normalized spacial score (nSPS) is 18.8. The van der Waals surface area contributed by atoms with Gasteiger partial charge in [0.05, 0.1) is 13.1 Å². The van der Waals surface area contributed by atoms with Gasteiger partial charge in [-0.2, -0.15) is 0 Å². The fraction of sp³-hybridized carbons (Fsp3) is 0.222. The molecule has 0 aromatic heterocycles. The first-order chi connectivity index (χ1) is 11.2. The van der Waals surface area contributed by atoms with E-state index in [-0.39, 0.29) is 11.8 Å². The molecular formula is C18H20N3O2+. The zero-order valence-electron chi connectivity index (χ0n) is 12.8. The third-order valence-electron chi connectivity index (χ3n) is 4.00. The van der Waals surface area contributed by atoms with Crippen LogP contribution in [0.15, 0.2) is 60.7 Å². The molecule has 2 aromatic rings. The van der Waals surface area contributed by atoms with Crippen LogP contribution >= 0.6 is 0 Å².